The van der Waals surface area contributed by atoms with E-state index in [1.807, 2.05) is 27.2 Å². The number of nitrogens with one attached hydrogen (secondary N) is 1. The van der Waals surface area contributed by atoms with Gasteiger partial charge in [-0.2, -0.15) is 0 Å². The molecule has 3 N–H and O–H groups in total. The first kappa shape index (κ1) is 67.7. The molecule has 0 saturated carbocycles. The average Bonchev–Trinajstić information content (AvgIpc) is 3.31. The van der Waals surface area contributed by atoms with Gasteiger partial charge in [0.2, 0.25) is 5.91 Å². The summed E-state index contributed by atoms with van der Waals surface area (Å²) in [5.74, 6) is -0.188. The van der Waals surface area contributed by atoms with E-state index in [0.717, 1.165) is 51.4 Å². The molecular formula is C60H118N2O6P+. The maximum atomic E-state index is 12.9. The third-order valence-electron chi connectivity index (χ3n) is 13.6. The summed E-state index contributed by atoms with van der Waals surface area (Å²) in [5, 5.41) is 13.8. The number of hydrogen-bond acceptors (Lipinski definition) is 5. The Labute approximate surface area is 429 Å². The van der Waals surface area contributed by atoms with Crippen LogP contribution in [0, 0.1) is 0 Å². The molecule has 9 heteroatoms. The first-order chi connectivity index (χ1) is 33.5. The zero-order valence-corrected chi connectivity index (χ0v) is 47.5. The quantitative estimate of drug-likeness (QED) is 0.0243. The third kappa shape index (κ3) is 54.3. The Kier molecular flexibility index (Phi) is 50.7. The standard InChI is InChI=1S/C60H117N2O6P/c1-6-8-10-12-14-16-18-20-21-22-23-24-25-26-27-28-29-30-31-32-33-34-35-36-37-38-39-40-41-42-44-46-48-50-52-54-60(64)61-58(57-68-69(65,66)67-56-55-62(3,4)5)59(63)53-51-49-47-45-43-19-17-15-13-11-9-7-2/h13,15,43,45,51,53,58-59,63H,6-12,14,16-42,44,46-50,52,54-57H2,1-5H3,(H-,61,64,65,66)/p+1/b15-13+,45-43+,53-51+. The number of unbranched alkanes of at least 4 members (excludes halogenated alkanes) is 38. The van der Waals surface area contributed by atoms with Crippen LogP contribution in [-0.2, 0) is 18.4 Å². The Morgan fingerprint density at radius 3 is 1.14 bits per heavy atom. The van der Waals surface area contributed by atoms with E-state index >= 15 is 0 Å². The van der Waals surface area contributed by atoms with Gasteiger partial charge in [0.25, 0.3) is 0 Å². The second kappa shape index (κ2) is 51.6. The minimum atomic E-state index is -4.35. The van der Waals surface area contributed by atoms with E-state index in [2.05, 4.69) is 43.5 Å². The van der Waals surface area contributed by atoms with Gasteiger partial charge in [-0.25, -0.2) is 4.57 Å². The Hall–Kier alpha value is -1.28. The van der Waals surface area contributed by atoms with E-state index in [1.54, 1.807) is 6.08 Å². The summed E-state index contributed by atoms with van der Waals surface area (Å²) >= 11 is 0. The first-order valence-electron chi connectivity index (χ1n) is 29.9. The van der Waals surface area contributed by atoms with Crippen LogP contribution >= 0.6 is 7.82 Å². The highest BCUT2D eigenvalue weighted by atomic mass is 31.2. The van der Waals surface area contributed by atoms with E-state index in [4.69, 9.17) is 9.05 Å². The average molecular weight is 995 g/mol. The summed E-state index contributed by atoms with van der Waals surface area (Å²) < 4.78 is 23.6. The number of likely N-dealkylation sites (N-methyl/N-ethyl adjacent to an activating group) is 1. The van der Waals surface area contributed by atoms with Gasteiger partial charge >= 0.3 is 7.82 Å². The summed E-state index contributed by atoms with van der Waals surface area (Å²) in [6, 6.07) is -0.866. The normalized spacial score (nSPS) is 14.1. The molecule has 0 fully saturated rings. The van der Waals surface area contributed by atoms with Gasteiger partial charge in [0, 0.05) is 6.42 Å². The SMILES string of the molecule is CCCC/C=C/CC/C=C/CC/C=C/C(O)C(COP(=O)(O)OCC[N+](C)(C)C)NC(=O)CCCCCCCCCCCCCCCCCCCCCCCCCCCCCCCCCCCCC. The third-order valence-corrected chi connectivity index (χ3v) is 14.6. The van der Waals surface area contributed by atoms with Crippen molar-refractivity contribution >= 4 is 13.7 Å². The summed E-state index contributed by atoms with van der Waals surface area (Å²) in [4.78, 5) is 23.2. The van der Waals surface area contributed by atoms with Gasteiger partial charge in [0.1, 0.15) is 13.2 Å². The number of quaternary nitrogens is 1. The molecule has 0 aromatic heterocycles. The number of allylic oxidation sites excluding steroid dienone is 5. The molecule has 0 rings (SSSR count). The zero-order chi connectivity index (χ0) is 50.6. The number of phosphoric acid groups is 1. The van der Waals surface area contributed by atoms with Gasteiger partial charge < -0.3 is 19.8 Å². The van der Waals surface area contributed by atoms with E-state index in [1.165, 1.54) is 218 Å². The molecule has 0 aliphatic rings. The fourth-order valence-electron chi connectivity index (χ4n) is 8.89. The van der Waals surface area contributed by atoms with Crippen molar-refractivity contribution in [2.45, 2.75) is 302 Å². The topological polar surface area (TPSA) is 105 Å². The maximum absolute atomic E-state index is 12.9. The van der Waals surface area contributed by atoms with E-state index in [9.17, 15) is 19.4 Å². The minimum Gasteiger partial charge on any atom is -0.387 e. The number of nitrogens with zero attached hydrogens (tertiary/aromatic N) is 1. The van der Waals surface area contributed by atoms with Crippen LogP contribution in [0.4, 0.5) is 0 Å². The lowest BCUT2D eigenvalue weighted by molar-refractivity contribution is -0.870. The molecule has 0 aliphatic carbocycles. The largest absolute Gasteiger partial charge is 0.472 e. The van der Waals surface area contributed by atoms with E-state index in [0.29, 0.717) is 17.4 Å². The number of amides is 1. The Morgan fingerprint density at radius 2 is 0.797 bits per heavy atom. The molecule has 0 aromatic rings. The van der Waals surface area contributed by atoms with Gasteiger partial charge in [-0.15, -0.1) is 0 Å². The van der Waals surface area contributed by atoms with Crippen LogP contribution in [-0.4, -0.2) is 73.4 Å². The number of carbonyl (C=O) groups is 1. The number of phosphoric ester groups is 1. The molecule has 8 nitrogen and oxygen atoms in total. The molecular weight excluding hydrogens is 876 g/mol. The van der Waals surface area contributed by atoms with Gasteiger partial charge in [-0.3, -0.25) is 13.8 Å². The molecule has 3 unspecified atom stereocenters. The molecule has 3 atom stereocenters. The Morgan fingerprint density at radius 1 is 0.478 bits per heavy atom. The van der Waals surface area contributed by atoms with Gasteiger partial charge in [-0.05, 0) is 38.5 Å². The first-order valence-corrected chi connectivity index (χ1v) is 31.4. The van der Waals surface area contributed by atoms with Crippen molar-refractivity contribution < 1.29 is 32.9 Å². The molecule has 408 valence electrons. The van der Waals surface area contributed by atoms with Crippen molar-refractivity contribution in [1.82, 2.24) is 5.32 Å². The highest BCUT2D eigenvalue weighted by Crippen LogP contribution is 2.43. The predicted octanol–water partition coefficient (Wildman–Crippen LogP) is 18.2. The number of hydrogen-bond donors (Lipinski definition) is 3. The zero-order valence-electron chi connectivity index (χ0n) is 46.6. The van der Waals surface area contributed by atoms with Crippen molar-refractivity contribution in [1.29, 1.82) is 0 Å². The summed E-state index contributed by atoms with van der Waals surface area (Å²) in [6.07, 6.45) is 67.2. The molecule has 0 heterocycles. The molecule has 0 spiro atoms. The minimum absolute atomic E-state index is 0.0547. The van der Waals surface area contributed by atoms with Crippen molar-refractivity contribution in [2.75, 3.05) is 40.9 Å². The number of aliphatic hydroxyl groups is 1. The molecule has 0 aromatic carbocycles. The van der Waals surface area contributed by atoms with Gasteiger partial charge in [0.15, 0.2) is 0 Å². The number of rotatable bonds is 55. The molecule has 69 heavy (non-hydrogen) atoms. The lowest BCUT2D eigenvalue weighted by Crippen LogP contribution is -2.45. The van der Waals surface area contributed by atoms with Crippen LogP contribution < -0.4 is 5.32 Å². The smallest absolute Gasteiger partial charge is 0.387 e. The monoisotopic (exact) mass is 994 g/mol. The lowest BCUT2D eigenvalue weighted by atomic mass is 10.0. The van der Waals surface area contributed by atoms with Crippen LogP contribution in [0.2, 0.25) is 0 Å². The van der Waals surface area contributed by atoms with E-state index < -0.39 is 20.0 Å². The summed E-state index contributed by atoms with van der Waals surface area (Å²) in [5.41, 5.74) is 0. The van der Waals surface area contributed by atoms with Crippen molar-refractivity contribution in [3.05, 3.63) is 36.5 Å². The lowest BCUT2D eigenvalue weighted by Gasteiger charge is -2.25. The predicted molar refractivity (Wildman–Crippen MR) is 300 cm³/mol. The van der Waals surface area contributed by atoms with E-state index in [-0.39, 0.29) is 19.1 Å². The van der Waals surface area contributed by atoms with Crippen molar-refractivity contribution in [3.8, 4) is 0 Å². The fraction of sp³-hybridized carbons (Fsp3) is 0.883. The number of aliphatic hydroxyl groups excluding tert-OH is 1. The Balaban J connectivity index is 3.91. The van der Waals surface area contributed by atoms with Crippen LogP contribution in [0.3, 0.4) is 0 Å². The second-order valence-corrected chi connectivity index (χ2v) is 23.2. The molecule has 0 aliphatic heterocycles. The Bertz CT molecular complexity index is 1220. The fourth-order valence-corrected chi connectivity index (χ4v) is 9.62. The molecule has 0 saturated heterocycles. The van der Waals surface area contributed by atoms with Crippen LogP contribution in [0.25, 0.3) is 0 Å². The molecule has 0 bridgehead atoms. The highest BCUT2D eigenvalue weighted by Gasteiger charge is 2.27. The molecule has 0 radical (unpaired) electrons. The van der Waals surface area contributed by atoms with Crippen LogP contribution in [0.1, 0.15) is 290 Å². The second-order valence-electron chi connectivity index (χ2n) is 21.7. The summed E-state index contributed by atoms with van der Waals surface area (Å²) in [6.45, 7) is 4.76. The highest BCUT2D eigenvalue weighted by molar-refractivity contribution is 7.47. The van der Waals surface area contributed by atoms with Crippen LogP contribution in [0.5, 0.6) is 0 Å². The van der Waals surface area contributed by atoms with Gasteiger partial charge in [-0.1, -0.05) is 281 Å². The van der Waals surface area contributed by atoms with Gasteiger partial charge in [0.05, 0.1) is 39.9 Å². The van der Waals surface area contributed by atoms with Crippen LogP contribution in [0.15, 0.2) is 36.5 Å². The van der Waals surface area contributed by atoms with Crippen molar-refractivity contribution in [2.24, 2.45) is 0 Å². The van der Waals surface area contributed by atoms with Crippen molar-refractivity contribution in [3.63, 3.8) is 0 Å². The number of carbonyl (C=O) groups excluding carboxylic acids is 1. The summed E-state index contributed by atoms with van der Waals surface area (Å²) in [7, 11) is 1.55. The molecule has 1 amide bonds. The maximum Gasteiger partial charge on any atom is 0.472 e.